The number of hydrogen-bond donors (Lipinski definition) is 1. The van der Waals surface area contributed by atoms with Gasteiger partial charge < -0.3 is 5.11 Å². The molecule has 0 amide bonds. The van der Waals surface area contributed by atoms with Crippen LogP contribution in [0.2, 0.25) is 0 Å². The Morgan fingerprint density at radius 1 is 1.26 bits per heavy atom. The standard InChI is InChI=1S/C13H20FNO3S/c1-11(2)15(8-3-9-16)19(17,18)10-12-4-6-13(14)7-5-12/h4-7,11,16H,3,8-10H2,1-2H3. The molecule has 0 bridgehead atoms. The Labute approximate surface area is 113 Å². The molecule has 0 aliphatic rings. The fourth-order valence-electron chi connectivity index (χ4n) is 1.82. The lowest BCUT2D eigenvalue weighted by molar-refractivity contribution is 0.258. The quantitative estimate of drug-likeness (QED) is 0.832. The largest absolute Gasteiger partial charge is 0.396 e. The predicted molar refractivity (Wildman–Crippen MR) is 72.6 cm³/mol. The molecule has 0 aromatic heterocycles. The molecule has 1 rings (SSSR count). The highest BCUT2D eigenvalue weighted by molar-refractivity contribution is 7.88. The van der Waals surface area contributed by atoms with Crippen LogP contribution in [0.3, 0.4) is 0 Å². The van der Waals surface area contributed by atoms with Crippen molar-refractivity contribution in [2.75, 3.05) is 13.2 Å². The van der Waals surface area contributed by atoms with Crippen molar-refractivity contribution in [3.63, 3.8) is 0 Å². The number of sulfonamides is 1. The van der Waals surface area contributed by atoms with Crippen molar-refractivity contribution in [2.45, 2.75) is 32.1 Å². The van der Waals surface area contributed by atoms with E-state index >= 15 is 0 Å². The minimum Gasteiger partial charge on any atom is -0.396 e. The second-order valence-electron chi connectivity index (χ2n) is 4.66. The molecule has 0 unspecified atom stereocenters. The highest BCUT2D eigenvalue weighted by Crippen LogP contribution is 2.15. The van der Waals surface area contributed by atoms with E-state index in [4.69, 9.17) is 5.11 Å². The number of benzene rings is 1. The summed E-state index contributed by atoms with van der Waals surface area (Å²) in [4.78, 5) is 0. The van der Waals surface area contributed by atoms with Crippen LogP contribution in [0.5, 0.6) is 0 Å². The molecule has 1 aromatic rings. The van der Waals surface area contributed by atoms with Gasteiger partial charge in [-0.05, 0) is 38.0 Å². The average molecular weight is 289 g/mol. The summed E-state index contributed by atoms with van der Waals surface area (Å²) in [7, 11) is -3.46. The van der Waals surface area contributed by atoms with Crippen LogP contribution in [0.4, 0.5) is 4.39 Å². The second kappa shape index (κ2) is 6.98. The van der Waals surface area contributed by atoms with Crippen LogP contribution < -0.4 is 0 Å². The molecule has 19 heavy (non-hydrogen) atoms. The maximum atomic E-state index is 12.8. The topological polar surface area (TPSA) is 57.6 Å². The lowest BCUT2D eigenvalue weighted by Gasteiger charge is -2.25. The van der Waals surface area contributed by atoms with Crippen LogP contribution in [0.15, 0.2) is 24.3 Å². The highest BCUT2D eigenvalue weighted by Gasteiger charge is 2.24. The number of nitrogens with zero attached hydrogens (tertiary/aromatic N) is 1. The van der Waals surface area contributed by atoms with Crippen molar-refractivity contribution < 1.29 is 17.9 Å². The molecular weight excluding hydrogens is 269 g/mol. The summed E-state index contributed by atoms with van der Waals surface area (Å²) in [6.07, 6.45) is 0.404. The van der Waals surface area contributed by atoms with Crippen molar-refractivity contribution in [1.29, 1.82) is 0 Å². The fraction of sp³-hybridized carbons (Fsp3) is 0.538. The average Bonchev–Trinajstić information content (AvgIpc) is 2.31. The SMILES string of the molecule is CC(C)N(CCCO)S(=O)(=O)Cc1ccc(F)cc1. The lowest BCUT2D eigenvalue weighted by atomic mass is 10.2. The zero-order chi connectivity index (χ0) is 14.5. The summed E-state index contributed by atoms with van der Waals surface area (Å²) in [6.45, 7) is 3.83. The summed E-state index contributed by atoms with van der Waals surface area (Å²) in [6, 6.07) is 5.27. The van der Waals surface area contributed by atoms with E-state index in [0.717, 1.165) is 0 Å². The van der Waals surface area contributed by atoms with E-state index in [-0.39, 0.29) is 30.8 Å². The van der Waals surface area contributed by atoms with Crippen molar-refractivity contribution >= 4 is 10.0 Å². The van der Waals surface area contributed by atoms with Gasteiger partial charge in [-0.1, -0.05) is 12.1 Å². The molecule has 1 aromatic carbocycles. The minimum atomic E-state index is -3.46. The van der Waals surface area contributed by atoms with Crippen LogP contribution in [0.25, 0.3) is 0 Å². The number of halogens is 1. The number of aliphatic hydroxyl groups excluding tert-OH is 1. The van der Waals surface area contributed by atoms with Gasteiger partial charge in [0, 0.05) is 19.2 Å². The molecule has 0 atom stereocenters. The van der Waals surface area contributed by atoms with E-state index in [1.54, 1.807) is 13.8 Å². The lowest BCUT2D eigenvalue weighted by Crippen LogP contribution is -2.38. The third-order valence-electron chi connectivity index (χ3n) is 2.73. The van der Waals surface area contributed by atoms with Gasteiger partial charge in [-0.15, -0.1) is 0 Å². The Kier molecular flexibility index (Phi) is 5.90. The molecule has 108 valence electrons. The van der Waals surface area contributed by atoms with Gasteiger partial charge in [0.1, 0.15) is 5.82 Å². The van der Waals surface area contributed by atoms with E-state index in [0.29, 0.717) is 12.0 Å². The summed E-state index contributed by atoms with van der Waals surface area (Å²) in [5, 5.41) is 8.82. The molecule has 0 spiro atoms. The molecule has 1 N–H and O–H groups in total. The van der Waals surface area contributed by atoms with Crippen molar-refractivity contribution in [1.82, 2.24) is 4.31 Å². The van der Waals surface area contributed by atoms with Gasteiger partial charge in [-0.25, -0.2) is 12.8 Å². The van der Waals surface area contributed by atoms with Crippen molar-refractivity contribution in [2.24, 2.45) is 0 Å². The van der Waals surface area contributed by atoms with Gasteiger partial charge in [0.25, 0.3) is 0 Å². The monoisotopic (exact) mass is 289 g/mol. The maximum absolute atomic E-state index is 12.8. The van der Waals surface area contributed by atoms with Gasteiger partial charge in [-0.2, -0.15) is 4.31 Å². The molecule has 0 radical (unpaired) electrons. The zero-order valence-electron chi connectivity index (χ0n) is 11.2. The van der Waals surface area contributed by atoms with E-state index in [9.17, 15) is 12.8 Å². The molecule has 0 fully saturated rings. The Hall–Kier alpha value is -0.980. The summed E-state index contributed by atoms with van der Waals surface area (Å²) in [5.41, 5.74) is 0.552. The first-order chi connectivity index (χ1) is 8.86. The molecule has 4 nitrogen and oxygen atoms in total. The van der Waals surface area contributed by atoms with E-state index in [1.807, 2.05) is 0 Å². The molecule has 0 saturated carbocycles. The number of hydrogen-bond acceptors (Lipinski definition) is 3. The Balaban J connectivity index is 2.85. The normalized spacial score (nSPS) is 12.3. The summed E-state index contributed by atoms with van der Waals surface area (Å²) < 4.78 is 38.7. The van der Waals surface area contributed by atoms with Gasteiger partial charge in [0.15, 0.2) is 0 Å². The highest BCUT2D eigenvalue weighted by atomic mass is 32.2. The van der Waals surface area contributed by atoms with Gasteiger partial charge >= 0.3 is 0 Å². The third-order valence-corrected chi connectivity index (χ3v) is 4.75. The van der Waals surface area contributed by atoms with Crippen LogP contribution >= 0.6 is 0 Å². The van der Waals surface area contributed by atoms with Gasteiger partial charge in [0.05, 0.1) is 5.75 Å². The minimum absolute atomic E-state index is 0.0463. The molecule has 6 heteroatoms. The maximum Gasteiger partial charge on any atom is 0.218 e. The number of rotatable bonds is 7. The Morgan fingerprint density at radius 2 is 1.84 bits per heavy atom. The Morgan fingerprint density at radius 3 is 2.32 bits per heavy atom. The van der Waals surface area contributed by atoms with Crippen molar-refractivity contribution in [3.05, 3.63) is 35.6 Å². The first-order valence-corrected chi connectivity index (χ1v) is 7.82. The first-order valence-electron chi connectivity index (χ1n) is 6.21. The summed E-state index contributed by atoms with van der Waals surface area (Å²) >= 11 is 0. The smallest absolute Gasteiger partial charge is 0.218 e. The van der Waals surface area contributed by atoms with Gasteiger partial charge in [-0.3, -0.25) is 0 Å². The third kappa shape index (κ3) is 4.89. The van der Waals surface area contributed by atoms with Crippen molar-refractivity contribution in [3.8, 4) is 0 Å². The fourth-order valence-corrected chi connectivity index (χ4v) is 3.65. The molecule has 0 saturated heterocycles. The van der Waals surface area contributed by atoms with E-state index in [1.165, 1.54) is 28.6 Å². The molecule has 0 aliphatic heterocycles. The molecule has 0 heterocycles. The predicted octanol–water partition coefficient (Wildman–Crippen LogP) is 1.75. The van der Waals surface area contributed by atoms with E-state index in [2.05, 4.69) is 0 Å². The second-order valence-corrected chi connectivity index (χ2v) is 6.59. The van der Waals surface area contributed by atoms with Crippen LogP contribution in [-0.2, 0) is 15.8 Å². The first kappa shape index (κ1) is 16.1. The van der Waals surface area contributed by atoms with E-state index < -0.39 is 10.0 Å². The zero-order valence-corrected chi connectivity index (χ0v) is 12.0. The van der Waals surface area contributed by atoms with Gasteiger partial charge in [0.2, 0.25) is 10.0 Å². The Bertz CT molecular complexity index is 485. The van der Waals surface area contributed by atoms with Crippen LogP contribution in [0, 0.1) is 5.82 Å². The number of aliphatic hydroxyl groups is 1. The summed E-state index contributed by atoms with van der Waals surface area (Å²) in [5.74, 6) is -0.543. The molecule has 0 aliphatic carbocycles. The van der Waals surface area contributed by atoms with Crippen LogP contribution in [0.1, 0.15) is 25.8 Å². The molecular formula is C13H20FNO3S. The van der Waals surface area contributed by atoms with Crippen LogP contribution in [-0.4, -0.2) is 37.0 Å².